The summed E-state index contributed by atoms with van der Waals surface area (Å²) in [6.45, 7) is 0. The van der Waals surface area contributed by atoms with Gasteiger partial charge < -0.3 is 9.63 Å². The average molecular weight is 454 g/mol. The third-order valence-electron chi connectivity index (χ3n) is 4.85. The maximum Gasteiger partial charge on any atom is 0.162 e. The van der Waals surface area contributed by atoms with Crippen molar-refractivity contribution in [2.45, 2.75) is 44.6 Å². The maximum atomic E-state index is 13.4. The summed E-state index contributed by atoms with van der Waals surface area (Å²) < 4.78 is 18.6. The van der Waals surface area contributed by atoms with Crippen LogP contribution in [0.25, 0.3) is 0 Å². The van der Waals surface area contributed by atoms with Crippen molar-refractivity contribution in [3.63, 3.8) is 0 Å². The molecule has 3 rings (SSSR count). The van der Waals surface area contributed by atoms with E-state index in [9.17, 15) is 19.5 Å². The number of aliphatic hydroxyl groups excluding tert-OH is 1. The van der Waals surface area contributed by atoms with Gasteiger partial charge in [0.1, 0.15) is 23.6 Å². The highest BCUT2D eigenvalue weighted by molar-refractivity contribution is 9.10. The van der Waals surface area contributed by atoms with Crippen molar-refractivity contribution in [3.8, 4) is 0 Å². The van der Waals surface area contributed by atoms with Crippen molar-refractivity contribution in [2.24, 2.45) is 10.9 Å². The van der Waals surface area contributed by atoms with Gasteiger partial charge in [0.2, 0.25) is 0 Å². The van der Waals surface area contributed by atoms with E-state index in [0.717, 1.165) is 25.7 Å². The smallest absolute Gasteiger partial charge is 0.162 e. The van der Waals surface area contributed by atoms with E-state index in [0.29, 0.717) is 23.4 Å². The van der Waals surface area contributed by atoms with Crippen LogP contribution in [0.3, 0.4) is 0 Å². The largest absolute Gasteiger partial charge is 0.393 e. The lowest BCUT2D eigenvalue weighted by Crippen LogP contribution is -2.23. The maximum absolute atomic E-state index is 13.4. The first kappa shape index (κ1) is 20.6. The van der Waals surface area contributed by atoms with E-state index in [1.807, 2.05) is 5.48 Å². The summed E-state index contributed by atoms with van der Waals surface area (Å²) in [5.41, 5.74) is 3.10. The molecule has 1 aliphatic carbocycles. The van der Waals surface area contributed by atoms with Gasteiger partial charge in [0.25, 0.3) is 0 Å². The predicted molar refractivity (Wildman–Crippen MR) is 103 cm³/mol. The summed E-state index contributed by atoms with van der Waals surface area (Å²) in [5, 5.41) is 22.9. The summed E-state index contributed by atoms with van der Waals surface area (Å²) in [5.74, 6) is -0.0995. The summed E-state index contributed by atoms with van der Waals surface area (Å²) in [7, 11) is 0. The van der Waals surface area contributed by atoms with Crippen LogP contribution in [-0.4, -0.2) is 33.2 Å². The van der Waals surface area contributed by atoms with Crippen LogP contribution in [0.4, 0.5) is 10.1 Å². The number of hydrogen-bond donors (Lipinski definition) is 3. The van der Waals surface area contributed by atoms with Gasteiger partial charge in [-0.1, -0.05) is 5.16 Å². The van der Waals surface area contributed by atoms with E-state index in [2.05, 4.69) is 26.1 Å². The lowest BCUT2D eigenvalue weighted by Gasteiger charge is -2.24. The highest BCUT2D eigenvalue weighted by Gasteiger charge is 2.23. The number of carbonyl (C=O) groups excluding carboxylic acids is 1. The second-order valence-corrected chi connectivity index (χ2v) is 7.79. The van der Waals surface area contributed by atoms with E-state index in [1.165, 1.54) is 24.5 Å². The highest BCUT2D eigenvalue weighted by atomic mass is 79.9. The molecule has 1 saturated carbocycles. The number of benzene rings is 1. The molecule has 0 spiro atoms. The molecular weight excluding hydrogens is 433 g/mol. The number of ketones is 1. The molecule has 3 N–H and O–H groups in total. The van der Waals surface area contributed by atoms with Gasteiger partial charge in [-0.05, 0) is 65.7 Å². The van der Waals surface area contributed by atoms with E-state index >= 15 is 0 Å². The van der Waals surface area contributed by atoms with Crippen molar-refractivity contribution in [1.29, 1.82) is 0 Å². The zero-order valence-electron chi connectivity index (χ0n) is 15.1. The standard InChI is InChI=1S/C19H21BrFN3O4/c20-16-8-12(3-6-17(16)21)22-19(23-27)15-10-28-24-18(15)9-14(26)7-11-1-4-13(25)5-2-11/h3,6,8,10-11,13,25,27H,1-2,4-5,7,9H2,(H,22,23). The molecule has 0 radical (unpaired) electrons. The SMILES string of the molecule is O=C(Cc1nocc1C(=Nc1ccc(F)c(Br)c1)NO)CC1CCC(O)CC1. The molecule has 0 saturated heterocycles. The van der Waals surface area contributed by atoms with Crippen LogP contribution >= 0.6 is 15.9 Å². The molecule has 1 aliphatic rings. The lowest BCUT2D eigenvalue weighted by molar-refractivity contribution is -0.119. The van der Waals surface area contributed by atoms with Crippen molar-refractivity contribution in [2.75, 3.05) is 0 Å². The Morgan fingerprint density at radius 2 is 2.11 bits per heavy atom. The van der Waals surface area contributed by atoms with Gasteiger partial charge in [-0.25, -0.2) is 9.38 Å². The second-order valence-electron chi connectivity index (χ2n) is 6.94. The van der Waals surface area contributed by atoms with Gasteiger partial charge in [-0.15, -0.1) is 0 Å². The topological polar surface area (TPSA) is 108 Å². The highest BCUT2D eigenvalue weighted by Crippen LogP contribution is 2.28. The zero-order valence-corrected chi connectivity index (χ0v) is 16.7. The Hall–Kier alpha value is -2.10. The molecular formula is C19H21BrFN3O4. The average Bonchev–Trinajstić information content (AvgIpc) is 3.12. The van der Waals surface area contributed by atoms with Gasteiger partial charge in [0, 0.05) is 6.42 Å². The minimum Gasteiger partial charge on any atom is -0.393 e. The van der Waals surface area contributed by atoms with Crippen molar-refractivity contribution in [3.05, 3.63) is 46.0 Å². The van der Waals surface area contributed by atoms with Crippen LogP contribution in [0, 0.1) is 11.7 Å². The Bertz CT molecular complexity index is 863. The minimum absolute atomic E-state index is 0.0124. The van der Waals surface area contributed by atoms with Gasteiger partial charge in [-0.3, -0.25) is 15.5 Å². The van der Waals surface area contributed by atoms with Crippen molar-refractivity contribution >= 4 is 33.2 Å². The van der Waals surface area contributed by atoms with Crippen LogP contribution in [0.1, 0.15) is 43.4 Å². The molecule has 1 fully saturated rings. The zero-order chi connectivity index (χ0) is 20.1. The number of amidine groups is 1. The first-order valence-corrected chi connectivity index (χ1v) is 9.82. The number of carbonyl (C=O) groups is 1. The lowest BCUT2D eigenvalue weighted by atomic mass is 9.84. The van der Waals surface area contributed by atoms with Crippen LogP contribution in [0.5, 0.6) is 0 Å². The Labute approximate surface area is 169 Å². The van der Waals surface area contributed by atoms with Crippen LogP contribution in [-0.2, 0) is 11.2 Å². The Morgan fingerprint density at radius 3 is 2.79 bits per heavy atom. The van der Waals surface area contributed by atoms with E-state index < -0.39 is 5.82 Å². The third-order valence-corrected chi connectivity index (χ3v) is 5.45. The number of hydrogen-bond acceptors (Lipinski definition) is 6. The quantitative estimate of drug-likeness (QED) is 0.349. The minimum atomic E-state index is -0.427. The van der Waals surface area contributed by atoms with E-state index in [-0.39, 0.29) is 34.5 Å². The molecule has 2 aromatic rings. The van der Waals surface area contributed by atoms with Crippen LogP contribution in [0.15, 0.2) is 38.5 Å². The summed E-state index contributed by atoms with van der Waals surface area (Å²) >= 11 is 3.09. The number of hydroxylamine groups is 1. The first-order valence-electron chi connectivity index (χ1n) is 9.03. The van der Waals surface area contributed by atoms with Gasteiger partial charge in [0.15, 0.2) is 5.84 Å². The number of Topliss-reactive ketones (excluding diaryl/α,β-unsaturated/α-hetero) is 1. The molecule has 0 amide bonds. The number of nitrogens with one attached hydrogen (secondary N) is 1. The van der Waals surface area contributed by atoms with Gasteiger partial charge in [-0.2, -0.15) is 0 Å². The molecule has 9 heteroatoms. The predicted octanol–water partition coefficient (Wildman–Crippen LogP) is 3.69. The molecule has 150 valence electrons. The second kappa shape index (κ2) is 9.40. The third kappa shape index (κ3) is 5.24. The molecule has 0 atom stereocenters. The number of rotatable bonds is 6. The number of aliphatic imine (C=N–C) groups is 1. The molecule has 0 aliphatic heterocycles. The molecule has 28 heavy (non-hydrogen) atoms. The summed E-state index contributed by atoms with van der Waals surface area (Å²) in [6.07, 6.45) is 4.64. The fourth-order valence-corrected chi connectivity index (χ4v) is 3.71. The summed E-state index contributed by atoms with van der Waals surface area (Å²) in [4.78, 5) is 16.7. The number of aromatic nitrogens is 1. The Morgan fingerprint density at radius 1 is 1.36 bits per heavy atom. The number of nitrogens with zero attached hydrogens (tertiary/aromatic N) is 2. The van der Waals surface area contributed by atoms with Crippen molar-refractivity contribution in [1.82, 2.24) is 10.6 Å². The van der Waals surface area contributed by atoms with E-state index in [1.54, 1.807) is 0 Å². The normalized spacial score (nSPS) is 20.2. The monoisotopic (exact) mass is 453 g/mol. The van der Waals surface area contributed by atoms with E-state index in [4.69, 9.17) is 4.52 Å². The number of aliphatic hydroxyl groups is 1. The number of halogens is 2. The fourth-order valence-electron chi connectivity index (χ4n) is 3.34. The van der Waals surface area contributed by atoms with Crippen LogP contribution < -0.4 is 5.48 Å². The summed E-state index contributed by atoms with van der Waals surface area (Å²) in [6, 6.07) is 4.16. The van der Waals surface area contributed by atoms with Crippen molar-refractivity contribution < 1.29 is 24.0 Å². The molecule has 0 unspecified atom stereocenters. The molecule has 1 heterocycles. The molecule has 0 bridgehead atoms. The fraction of sp³-hybridized carbons (Fsp3) is 0.421. The Balaban J connectivity index is 1.71. The molecule has 1 aromatic heterocycles. The Kier molecular flexibility index (Phi) is 6.93. The van der Waals surface area contributed by atoms with Gasteiger partial charge >= 0.3 is 0 Å². The van der Waals surface area contributed by atoms with Crippen LogP contribution in [0.2, 0.25) is 0 Å². The molecule has 7 nitrogen and oxygen atoms in total. The van der Waals surface area contributed by atoms with Gasteiger partial charge in [0.05, 0.1) is 28.2 Å². The first-order chi connectivity index (χ1) is 13.5. The molecule has 1 aromatic carbocycles.